The SMILES string of the molecule is CCCC/C=C\CCCCCCCC(=O)O[C@@H](COC(=O)CCCCCCCCC/C=C\CCCCCCCC)COC(=O)CCCCCCCCCCC/C=C\C/C=C\CCCCC. The van der Waals surface area contributed by atoms with Gasteiger partial charge in [0, 0.05) is 19.3 Å². The average Bonchev–Trinajstić information content (AvgIpc) is 3.30. The van der Waals surface area contributed by atoms with Gasteiger partial charge in [-0.25, -0.2) is 0 Å². The highest BCUT2D eigenvalue weighted by molar-refractivity contribution is 5.71. The summed E-state index contributed by atoms with van der Waals surface area (Å²) in [5, 5.41) is 0. The predicted molar refractivity (Wildman–Crippen MR) is 279 cm³/mol. The van der Waals surface area contributed by atoms with Crippen LogP contribution >= 0.6 is 0 Å². The number of allylic oxidation sites excluding steroid dienone is 8. The first-order valence-electron chi connectivity index (χ1n) is 28.1. The van der Waals surface area contributed by atoms with Gasteiger partial charge in [0.05, 0.1) is 0 Å². The Labute approximate surface area is 403 Å². The van der Waals surface area contributed by atoms with Crippen molar-refractivity contribution in [2.45, 2.75) is 297 Å². The summed E-state index contributed by atoms with van der Waals surface area (Å²) >= 11 is 0. The van der Waals surface area contributed by atoms with Crippen molar-refractivity contribution in [1.82, 2.24) is 0 Å². The Morgan fingerprint density at radius 3 is 0.938 bits per heavy atom. The maximum Gasteiger partial charge on any atom is 0.306 e. The molecule has 0 N–H and O–H groups in total. The number of hydrogen-bond acceptors (Lipinski definition) is 6. The van der Waals surface area contributed by atoms with Crippen LogP contribution in [0.15, 0.2) is 48.6 Å². The van der Waals surface area contributed by atoms with Gasteiger partial charge in [0.1, 0.15) is 13.2 Å². The number of carbonyl (C=O) groups is 3. The van der Waals surface area contributed by atoms with Crippen molar-refractivity contribution in [1.29, 1.82) is 0 Å². The summed E-state index contributed by atoms with van der Waals surface area (Å²) in [7, 11) is 0. The number of ether oxygens (including phenoxy) is 3. The second kappa shape index (κ2) is 54.0. The molecule has 0 saturated heterocycles. The van der Waals surface area contributed by atoms with Crippen LogP contribution in [0.5, 0.6) is 0 Å². The van der Waals surface area contributed by atoms with Crippen molar-refractivity contribution >= 4 is 17.9 Å². The fourth-order valence-electron chi connectivity index (χ4n) is 7.98. The second-order valence-electron chi connectivity index (χ2n) is 18.8. The molecule has 0 aromatic carbocycles. The van der Waals surface area contributed by atoms with Gasteiger partial charge in [-0.15, -0.1) is 0 Å². The van der Waals surface area contributed by atoms with E-state index < -0.39 is 6.10 Å². The Balaban J connectivity index is 4.31. The van der Waals surface area contributed by atoms with Crippen LogP contribution in [0.4, 0.5) is 0 Å². The lowest BCUT2D eigenvalue weighted by Gasteiger charge is -2.18. The maximum absolute atomic E-state index is 12.8. The molecule has 6 nitrogen and oxygen atoms in total. The minimum Gasteiger partial charge on any atom is -0.462 e. The molecular formula is C59H106O6. The molecule has 0 radical (unpaired) electrons. The third-order valence-corrected chi connectivity index (χ3v) is 12.3. The maximum atomic E-state index is 12.8. The van der Waals surface area contributed by atoms with Crippen molar-refractivity contribution in [3.05, 3.63) is 48.6 Å². The molecular weight excluding hydrogens is 805 g/mol. The Morgan fingerprint density at radius 2 is 0.569 bits per heavy atom. The summed E-state index contributed by atoms with van der Waals surface area (Å²) in [4.78, 5) is 38.1. The molecule has 0 aliphatic heterocycles. The molecule has 0 fully saturated rings. The highest BCUT2D eigenvalue weighted by Gasteiger charge is 2.19. The zero-order valence-corrected chi connectivity index (χ0v) is 43.3. The summed E-state index contributed by atoms with van der Waals surface area (Å²) in [5.74, 6) is -0.887. The zero-order chi connectivity index (χ0) is 47.2. The van der Waals surface area contributed by atoms with Gasteiger partial charge >= 0.3 is 17.9 Å². The Bertz CT molecular complexity index is 1140. The molecule has 0 saturated carbocycles. The van der Waals surface area contributed by atoms with Crippen LogP contribution in [0, 0.1) is 0 Å². The highest BCUT2D eigenvalue weighted by Crippen LogP contribution is 2.15. The number of rotatable bonds is 51. The molecule has 6 heteroatoms. The molecule has 65 heavy (non-hydrogen) atoms. The van der Waals surface area contributed by atoms with Crippen molar-refractivity contribution in [3.8, 4) is 0 Å². The first kappa shape index (κ1) is 62.4. The smallest absolute Gasteiger partial charge is 0.306 e. The van der Waals surface area contributed by atoms with Crippen LogP contribution in [0.1, 0.15) is 290 Å². The lowest BCUT2D eigenvalue weighted by molar-refractivity contribution is -0.167. The fourth-order valence-corrected chi connectivity index (χ4v) is 7.98. The fraction of sp³-hybridized carbons (Fsp3) is 0.814. The van der Waals surface area contributed by atoms with Crippen LogP contribution in [-0.2, 0) is 28.6 Å². The van der Waals surface area contributed by atoms with Gasteiger partial charge in [0.25, 0.3) is 0 Å². The predicted octanol–water partition coefficient (Wildman–Crippen LogP) is 18.7. The van der Waals surface area contributed by atoms with E-state index in [4.69, 9.17) is 14.2 Å². The standard InChI is InChI=1S/C59H106O6/c1-4-7-10-13-16-19-22-24-26-28-29-31-33-35-38-40-43-46-49-52-58(61)64-55-56(65-59(62)53-50-47-44-41-36-21-18-15-12-9-6-3)54-63-57(60)51-48-45-42-39-37-34-32-30-27-25-23-20-17-14-11-8-5-2/h15-16,18-19,24-27,56H,4-14,17,20-23,28-55H2,1-3H3/b18-15-,19-16-,26-24-,27-25-/t56-/m0/s1. The summed E-state index contributed by atoms with van der Waals surface area (Å²) in [6, 6.07) is 0. The van der Waals surface area contributed by atoms with Crippen LogP contribution < -0.4 is 0 Å². The molecule has 0 rings (SSSR count). The number of unbranched alkanes of at least 4 members (excludes halogenated alkanes) is 32. The monoisotopic (exact) mass is 911 g/mol. The lowest BCUT2D eigenvalue weighted by atomic mass is 10.1. The van der Waals surface area contributed by atoms with Crippen LogP contribution in [0.25, 0.3) is 0 Å². The molecule has 0 aromatic heterocycles. The third-order valence-electron chi connectivity index (χ3n) is 12.3. The van der Waals surface area contributed by atoms with E-state index in [9.17, 15) is 14.4 Å². The zero-order valence-electron chi connectivity index (χ0n) is 43.3. The number of esters is 3. The minimum absolute atomic E-state index is 0.0788. The molecule has 0 heterocycles. The van der Waals surface area contributed by atoms with Gasteiger partial charge < -0.3 is 14.2 Å². The minimum atomic E-state index is -0.779. The summed E-state index contributed by atoms with van der Waals surface area (Å²) in [5.41, 5.74) is 0. The number of hydrogen-bond donors (Lipinski definition) is 0. The van der Waals surface area contributed by atoms with E-state index in [1.54, 1.807) is 0 Å². The molecule has 378 valence electrons. The normalized spacial score (nSPS) is 12.4. The molecule has 0 aromatic rings. The van der Waals surface area contributed by atoms with E-state index in [-0.39, 0.29) is 31.1 Å². The summed E-state index contributed by atoms with van der Waals surface area (Å²) in [6.45, 7) is 6.58. The van der Waals surface area contributed by atoms with Crippen molar-refractivity contribution < 1.29 is 28.6 Å². The van der Waals surface area contributed by atoms with Gasteiger partial charge in [-0.2, -0.15) is 0 Å². The van der Waals surface area contributed by atoms with Gasteiger partial charge in [-0.1, -0.05) is 223 Å². The van der Waals surface area contributed by atoms with E-state index in [1.165, 1.54) is 173 Å². The van der Waals surface area contributed by atoms with Gasteiger partial charge in [0.2, 0.25) is 0 Å². The first-order chi connectivity index (χ1) is 32.0. The summed E-state index contributed by atoms with van der Waals surface area (Å²) < 4.78 is 16.8. The number of carbonyl (C=O) groups excluding carboxylic acids is 3. The van der Waals surface area contributed by atoms with E-state index in [0.29, 0.717) is 19.3 Å². The van der Waals surface area contributed by atoms with Crippen molar-refractivity contribution in [3.63, 3.8) is 0 Å². The van der Waals surface area contributed by atoms with Crippen LogP contribution in [-0.4, -0.2) is 37.2 Å². The van der Waals surface area contributed by atoms with E-state index in [2.05, 4.69) is 69.4 Å². The topological polar surface area (TPSA) is 78.9 Å². The Morgan fingerprint density at radius 1 is 0.308 bits per heavy atom. The quantitative estimate of drug-likeness (QED) is 0.0262. The molecule has 0 spiro atoms. The van der Waals surface area contributed by atoms with Gasteiger partial charge in [-0.3, -0.25) is 14.4 Å². The molecule has 1 atom stereocenters. The first-order valence-corrected chi connectivity index (χ1v) is 28.1. The molecule has 0 bridgehead atoms. The van der Waals surface area contributed by atoms with Crippen LogP contribution in [0.3, 0.4) is 0 Å². The molecule has 0 aliphatic carbocycles. The molecule has 0 aliphatic rings. The van der Waals surface area contributed by atoms with E-state index in [1.807, 2.05) is 0 Å². The largest absolute Gasteiger partial charge is 0.462 e. The Kier molecular flexibility index (Phi) is 51.8. The highest BCUT2D eigenvalue weighted by atomic mass is 16.6. The second-order valence-corrected chi connectivity index (χ2v) is 18.8. The van der Waals surface area contributed by atoms with Gasteiger partial charge in [0.15, 0.2) is 6.10 Å². The van der Waals surface area contributed by atoms with E-state index >= 15 is 0 Å². The molecule has 0 amide bonds. The van der Waals surface area contributed by atoms with Crippen molar-refractivity contribution in [2.75, 3.05) is 13.2 Å². The summed E-state index contributed by atoms with van der Waals surface area (Å²) in [6.07, 6.45) is 65.3. The van der Waals surface area contributed by atoms with Crippen molar-refractivity contribution in [2.24, 2.45) is 0 Å². The lowest BCUT2D eigenvalue weighted by Crippen LogP contribution is -2.30. The Hall–Kier alpha value is -2.63. The van der Waals surface area contributed by atoms with Crippen LogP contribution in [0.2, 0.25) is 0 Å². The average molecular weight is 911 g/mol. The van der Waals surface area contributed by atoms with Gasteiger partial charge in [-0.05, 0) is 96.3 Å². The third kappa shape index (κ3) is 52.2. The molecule has 0 unspecified atom stereocenters. The van der Waals surface area contributed by atoms with E-state index in [0.717, 1.165) is 77.0 Å².